The van der Waals surface area contributed by atoms with E-state index in [4.69, 9.17) is 0 Å². The molecule has 0 bridgehead atoms. The molecule has 0 amide bonds. The lowest BCUT2D eigenvalue weighted by molar-refractivity contribution is -0.122. The van der Waals surface area contributed by atoms with E-state index in [-0.39, 0.29) is 5.92 Å². The Morgan fingerprint density at radius 3 is 2.00 bits per heavy atom. The summed E-state index contributed by atoms with van der Waals surface area (Å²) in [5, 5.41) is 0. The van der Waals surface area contributed by atoms with E-state index in [1.165, 1.54) is 32.1 Å². The first-order chi connectivity index (χ1) is 7.99. The molecule has 1 nitrogen and oxygen atoms in total. The molecular weight excluding hydrogens is 208 g/mol. The molecule has 1 rings (SSSR count). The smallest absolute Gasteiger partial charge is 0.135 e. The maximum absolute atomic E-state index is 11.6. The monoisotopic (exact) mass is 238 g/mol. The summed E-state index contributed by atoms with van der Waals surface area (Å²) in [6.07, 6.45) is 8.89. The Bertz CT molecular complexity index is 222. The summed E-state index contributed by atoms with van der Waals surface area (Å²) in [5.41, 5.74) is 0. The van der Waals surface area contributed by atoms with Crippen LogP contribution >= 0.6 is 0 Å². The quantitative estimate of drug-likeness (QED) is 0.647. The van der Waals surface area contributed by atoms with Crippen molar-refractivity contribution in [3.63, 3.8) is 0 Å². The second-order valence-corrected chi connectivity index (χ2v) is 6.68. The lowest BCUT2D eigenvalue weighted by atomic mass is 9.77. The van der Waals surface area contributed by atoms with Crippen LogP contribution in [0.3, 0.4) is 0 Å². The molecule has 0 saturated heterocycles. The number of rotatable bonds is 6. The first kappa shape index (κ1) is 14.7. The summed E-state index contributed by atoms with van der Waals surface area (Å²) < 4.78 is 0. The second-order valence-electron chi connectivity index (χ2n) is 6.68. The fraction of sp³-hybridized carbons (Fsp3) is 0.938. The van der Waals surface area contributed by atoms with E-state index < -0.39 is 0 Å². The summed E-state index contributed by atoms with van der Waals surface area (Å²) in [4.78, 5) is 11.6. The fourth-order valence-electron chi connectivity index (χ4n) is 3.06. The van der Waals surface area contributed by atoms with Crippen LogP contribution in [0.5, 0.6) is 0 Å². The van der Waals surface area contributed by atoms with Crippen molar-refractivity contribution < 1.29 is 4.79 Å². The van der Waals surface area contributed by atoms with Crippen molar-refractivity contribution in [2.24, 2.45) is 23.7 Å². The van der Waals surface area contributed by atoms with Crippen LogP contribution in [0.1, 0.15) is 72.6 Å². The van der Waals surface area contributed by atoms with Gasteiger partial charge in [0.15, 0.2) is 0 Å². The van der Waals surface area contributed by atoms with Gasteiger partial charge in [-0.25, -0.2) is 0 Å². The van der Waals surface area contributed by atoms with Crippen molar-refractivity contribution in [3.8, 4) is 0 Å². The predicted octanol–water partition coefficient (Wildman–Crippen LogP) is 4.84. The standard InChI is InChI=1S/C16H30O/c1-12(2)11-15-7-5-14(6-8-15)9-10-16(17)13(3)4/h12-15H,5-11H2,1-4H3. The van der Waals surface area contributed by atoms with Crippen molar-refractivity contribution in [2.45, 2.75) is 72.6 Å². The van der Waals surface area contributed by atoms with Crippen molar-refractivity contribution in [3.05, 3.63) is 0 Å². The first-order valence-electron chi connectivity index (χ1n) is 7.51. The van der Waals surface area contributed by atoms with Gasteiger partial charge in [-0.15, -0.1) is 0 Å². The summed E-state index contributed by atoms with van der Waals surface area (Å²) >= 11 is 0. The van der Waals surface area contributed by atoms with E-state index in [0.717, 1.165) is 30.6 Å². The normalized spacial score (nSPS) is 25.5. The Morgan fingerprint density at radius 1 is 1.00 bits per heavy atom. The van der Waals surface area contributed by atoms with Gasteiger partial charge < -0.3 is 0 Å². The molecule has 0 N–H and O–H groups in total. The fourth-order valence-corrected chi connectivity index (χ4v) is 3.06. The SMILES string of the molecule is CC(C)CC1CCC(CCC(=O)C(C)C)CC1. The molecule has 17 heavy (non-hydrogen) atoms. The Balaban J connectivity index is 2.17. The van der Waals surface area contributed by atoms with Gasteiger partial charge in [0.2, 0.25) is 0 Å². The highest BCUT2D eigenvalue weighted by molar-refractivity contribution is 5.80. The molecule has 1 fully saturated rings. The van der Waals surface area contributed by atoms with Crippen LogP contribution in [-0.4, -0.2) is 5.78 Å². The third-order valence-corrected chi connectivity index (χ3v) is 4.21. The molecule has 1 aliphatic carbocycles. The average Bonchev–Trinajstić information content (AvgIpc) is 2.26. The minimum atomic E-state index is 0.229. The molecule has 0 radical (unpaired) electrons. The maximum Gasteiger partial charge on any atom is 0.135 e. The first-order valence-corrected chi connectivity index (χ1v) is 7.51. The van der Waals surface area contributed by atoms with Crippen LogP contribution in [0, 0.1) is 23.7 Å². The van der Waals surface area contributed by atoms with Gasteiger partial charge in [-0.05, 0) is 30.6 Å². The van der Waals surface area contributed by atoms with E-state index in [1.54, 1.807) is 0 Å². The number of hydrogen-bond acceptors (Lipinski definition) is 1. The van der Waals surface area contributed by atoms with Crippen LogP contribution in [0.4, 0.5) is 0 Å². The highest BCUT2D eigenvalue weighted by Gasteiger charge is 2.22. The summed E-state index contributed by atoms with van der Waals surface area (Å²) in [6.45, 7) is 8.69. The number of hydrogen-bond donors (Lipinski definition) is 0. The summed E-state index contributed by atoms with van der Waals surface area (Å²) in [6, 6.07) is 0. The molecule has 0 aromatic carbocycles. The molecule has 1 heteroatoms. The minimum Gasteiger partial charge on any atom is -0.299 e. The van der Waals surface area contributed by atoms with E-state index in [2.05, 4.69) is 13.8 Å². The zero-order chi connectivity index (χ0) is 12.8. The molecule has 1 aliphatic rings. The third-order valence-electron chi connectivity index (χ3n) is 4.21. The van der Waals surface area contributed by atoms with Crippen molar-refractivity contribution in [1.82, 2.24) is 0 Å². The molecule has 1 saturated carbocycles. The highest BCUT2D eigenvalue weighted by Crippen LogP contribution is 2.34. The van der Waals surface area contributed by atoms with Gasteiger partial charge in [0.25, 0.3) is 0 Å². The number of carbonyl (C=O) groups excluding carboxylic acids is 1. The zero-order valence-corrected chi connectivity index (χ0v) is 12.2. The maximum atomic E-state index is 11.6. The van der Waals surface area contributed by atoms with E-state index in [1.807, 2.05) is 13.8 Å². The Morgan fingerprint density at radius 2 is 1.53 bits per heavy atom. The van der Waals surface area contributed by atoms with Gasteiger partial charge in [0.1, 0.15) is 5.78 Å². The molecule has 0 aromatic rings. The molecule has 0 aliphatic heterocycles. The van der Waals surface area contributed by atoms with Crippen LogP contribution < -0.4 is 0 Å². The van der Waals surface area contributed by atoms with E-state index in [9.17, 15) is 4.79 Å². The van der Waals surface area contributed by atoms with Crippen molar-refractivity contribution >= 4 is 5.78 Å². The molecular formula is C16H30O. The van der Waals surface area contributed by atoms with Gasteiger partial charge in [-0.1, -0.05) is 53.4 Å². The number of Topliss-reactive ketones (excluding diaryl/α,β-unsaturated/α-hetero) is 1. The Labute approximate surface area is 107 Å². The van der Waals surface area contributed by atoms with E-state index >= 15 is 0 Å². The summed E-state index contributed by atoms with van der Waals surface area (Å²) in [5.74, 6) is 3.33. The Hall–Kier alpha value is -0.330. The second kappa shape index (κ2) is 7.18. The zero-order valence-electron chi connectivity index (χ0n) is 12.2. The molecule has 0 atom stereocenters. The molecule has 100 valence electrons. The number of carbonyl (C=O) groups is 1. The van der Waals surface area contributed by atoms with Crippen LogP contribution in [0.25, 0.3) is 0 Å². The Kier molecular flexibility index (Phi) is 6.22. The molecule has 0 unspecified atom stereocenters. The van der Waals surface area contributed by atoms with Crippen molar-refractivity contribution in [2.75, 3.05) is 0 Å². The topological polar surface area (TPSA) is 17.1 Å². The van der Waals surface area contributed by atoms with Gasteiger partial charge in [-0.2, -0.15) is 0 Å². The summed E-state index contributed by atoms with van der Waals surface area (Å²) in [7, 11) is 0. The van der Waals surface area contributed by atoms with Gasteiger partial charge in [-0.3, -0.25) is 4.79 Å². The third kappa shape index (κ3) is 5.70. The van der Waals surface area contributed by atoms with E-state index in [0.29, 0.717) is 5.78 Å². The van der Waals surface area contributed by atoms with Gasteiger partial charge in [0, 0.05) is 12.3 Å². The van der Waals surface area contributed by atoms with Crippen molar-refractivity contribution in [1.29, 1.82) is 0 Å². The largest absolute Gasteiger partial charge is 0.299 e. The lowest BCUT2D eigenvalue weighted by Crippen LogP contribution is -2.17. The predicted molar refractivity (Wildman–Crippen MR) is 74.0 cm³/mol. The van der Waals surface area contributed by atoms with Crippen LogP contribution in [0.15, 0.2) is 0 Å². The van der Waals surface area contributed by atoms with Gasteiger partial charge >= 0.3 is 0 Å². The van der Waals surface area contributed by atoms with Crippen LogP contribution in [0.2, 0.25) is 0 Å². The minimum absolute atomic E-state index is 0.229. The average molecular weight is 238 g/mol. The highest BCUT2D eigenvalue weighted by atomic mass is 16.1. The lowest BCUT2D eigenvalue weighted by Gasteiger charge is -2.29. The molecule has 0 aromatic heterocycles. The van der Waals surface area contributed by atoms with Gasteiger partial charge in [0.05, 0.1) is 0 Å². The molecule has 0 spiro atoms. The molecule has 0 heterocycles. The van der Waals surface area contributed by atoms with Crippen LogP contribution in [-0.2, 0) is 4.79 Å². The number of ketones is 1.